The Labute approximate surface area is 122 Å². The van der Waals surface area contributed by atoms with Gasteiger partial charge in [0.2, 0.25) is 0 Å². The van der Waals surface area contributed by atoms with E-state index >= 15 is 0 Å². The van der Waals surface area contributed by atoms with E-state index in [2.05, 4.69) is 16.9 Å². The van der Waals surface area contributed by atoms with Crippen LogP contribution in [0.15, 0.2) is 30.6 Å². The third kappa shape index (κ3) is 4.62. The van der Waals surface area contributed by atoms with Crippen LogP contribution >= 0.6 is 22.9 Å². The first-order valence-electron chi connectivity index (χ1n) is 6.29. The zero-order valence-corrected chi connectivity index (χ0v) is 12.4. The predicted octanol–water partition coefficient (Wildman–Crippen LogP) is 2.48. The average molecular weight is 300 g/mol. The number of hydrogen-bond acceptors (Lipinski definition) is 4. The summed E-state index contributed by atoms with van der Waals surface area (Å²) in [6, 6.07) is 5.81. The third-order valence-electron chi connectivity index (χ3n) is 2.88. The molecule has 4 nitrogen and oxygen atoms in total. The second kappa shape index (κ2) is 7.05. The molecule has 19 heavy (non-hydrogen) atoms. The molecule has 0 aliphatic rings. The zero-order valence-electron chi connectivity index (χ0n) is 10.9. The minimum atomic E-state index is -0.421. The summed E-state index contributed by atoms with van der Waals surface area (Å²) in [7, 11) is 0. The SMILES string of the molecule is CCN(Cc1ccc(Cl)s1)C[C@H](O)Cn1cccn1. The second-order valence-corrected chi connectivity index (χ2v) is 6.22. The summed E-state index contributed by atoms with van der Waals surface area (Å²) in [4.78, 5) is 3.43. The maximum atomic E-state index is 10.1. The summed E-state index contributed by atoms with van der Waals surface area (Å²) in [6.07, 6.45) is 3.16. The summed E-state index contributed by atoms with van der Waals surface area (Å²) in [6.45, 7) is 4.96. The van der Waals surface area contributed by atoms with Crippen LogP contribution in [-0.2, 0) is 13.1 Å². The van der Waals surface area contributed by atoms with Crippen LogP contribution in [0.5, 0.6) is 0 Å². The molecule has 2 rings (SSSR count). The van der Waals surface area contributed by atoms with Crippen LogP contribution < -0.4 is 0 Å². The van der Waals surface area contributed by atoms with Gasteiger partial charge in [-0.3, -0.25) is 9.58 Å². The van der Waals surface area contributed by atoms with Gasteiger partial charge in [-0.05, 0) is 24.7 Å². The Morgan fingerprint density at radius 2 is 2.37 bits per heavy atom. The van der Waals surface area contributed by atoms with E-state index in [1.807, 2.05) is 24.4 Å². The van der Waals surface area contributed by atoms with Crippen molar-refractivity contribution < 1.29 is 5.11 Å². The van der Waals surface area contributed by atoms with Crippen LogP contribution in [0.25, 0.3) is 0 Å². The number of aliphatic hydroxyl groups is 1. The first kappa shape index (κ1) is 14.5. The van der Waals surface area contributed by atoms with Crippen LogP contribution in [0.2, 0.25) is 4.34 Å². The number of aromatic nitrogens is 2. The Hall–Kier alpha value is -0.880. The second-order valence-electron chi connectivity index (χ2n) is 4.42. The summed E-state index contributed by atoms with van der Waals surface area (Å²) in [5, 5.41) is 14.2. The van der Waals surface area contributed by atoms with E-state index < -0.39 is 6.10 Å². The van der Waals surface area contributed by atoms with E-state index in [-0.39, 0.29) is 0 Å². The van der Waals surface area contributed by atoms with Gasteiger partial charge in [0.1, 0.15) is 0 Å². The van der Waals surface area contributed by atoms with Crippen LogP contribution in [0.4, 0.5) is 0 Å². The molecule has 1 atom stereocenters. The highest BCUT2D eigenvalue weighted by Crippen LogP contribution is 2.22. The smallest absolute Gasteiger partial charge is 0.0931 e. The van der Waals surface area contributed by atoms with Crippen molar-refractivity contribution in [2.24, 2.45) is 0 Å². The van der Waals surface area contributed by atoms with Crippen LogP contribution in [0.3, 0.4) is 0 Å². The fraction of sp³-hybridized carbons (Fsp3) is 0.462. The van der Waals surface area contributed by atoms with E-state index in [0.29, 0.717) is 13.1 Å². The van der Waals surface area contributed by atoms with Crippen molar-refractivity contribution in [3.05, 3.63) is 39.8 Å². The number of halogens is 1. The quantitative estimate of drug-likeness (QED) is 0.854. The summed E-state index contributed by atoms with van der Waals surface area (Å²) in [5.74, 6) is 0. The molecule has 1 N–H and O–H groups in total. The van der Waals surface area contributed by atoms with Crippen molar-refractivity contribution in [3.63, 3.8) is 0 Å². The lowest BCUT2D eigenvalue weighted by Gasteiger charge is -2.23. The average Bonchev–Trinajstić information content (AvgIpc) is 3.00. The molecule has 0 amide bonds. The van der Waals surface area contributed by atoms with Gasteiger partial charge < -0.3 is 5.11 Å². The normalized spacial score (nSPS) is 13.1. The van der Waals surface area contributed by atoms with Gasteiger partial charge in [0.15, 0.2) is 0 Å². The third-order valence-corrected chi connectivity index (χ3v) is 4.10. The van der Waals surface area contributed by atoms with Crippen molar-refractivity contribution in [1.29, 1.82) is 0 Å². The minimum Gasteiger partial charge on any atom is -0.390 e. The largest absolute Gasteiger partial charge is 0.390 e. The topological polar surface area (TPSA) is 41.3 Å². The molecule has 0 saturated heterocycles. The number of hydrogen-bond donors (Lipinski definition) is 1. The molecule has 0 aliphatic carbocycles. The van der Waals surface area contributed by atoms with Crippen molar-refractivity contribution in [2.75, 3.05) is 13.1 Å². The van der Waals surface area contributed by atoms with Gasteiger partial charge in [-0.1, -0.05) is 18.5 Å². The van der Waals surface area contributed by atoms with Crippen LogP contribution in [-0.4, -0.2) is 39.0 Å². The van der Waals surface area contributed by atoms with Crippen molar-refractivity contribution in [1.82, 2.24) is 14.7 Å². The molecule has 0 aliphatic heterocycles. The maximum absolute atomic E-state index is 10.1. The lowest BCUT2D eigenvalue weighted by atomic mass is 10.3. The molecule has 0 unspecified atom stereocenters. The molecule has 2 aromatic rings. The lowest BCUT2D eigenvalue weighted by molar-refractivity contribution is 0.0945. The standard InChI is InChI=1S/C13H18ClN3OS/c1-2-16(10-12-4-5-13(14)19-12)8-11(18)9-17-7-3-6-15-17/h3-7,11,18H,2,8-10H2,1H3/t11-/m0/s1. The van der Waals surface area contributed by atoms with Crippen molar-refractivity contribution >= 4 is 22.9 Å². The Kier molecular flexibility index (Phi) is 5.39. The molecular formula is C13H18ClN3OS. The van der Waals surface area contributed by atoms with E-state index in [4.69, 9.17) is 11.6 Å². The highest BCUT2D eigenvalue weighted by molar-refractivity contribution is 7.16. The number of nitrogens with zero attached hydrogens (tertiary/aromatic N) is 3. The van der Waals surface area contributed by atoms with Gasteiger partial charge in [-0.2, -0.15) is 5.10 Å². The Morgan fingerprint density at radius 1 is 1.53 bits per heavy atom. The molecule has 0 bridgehead atoms. The Morgan fingerprint density at radius 3 is 2.95 bits per heavy atom. The van der Waals surface area contributed by atoms with Gasteiger partial charge in [0.25, 0.3) is 0 Å². The monoisotopic (exact) mass is 299 g/mol. The fourth-order valence-corrected chi connectivity index (χ4v) is 3.07. The number of likely N-dealkylation sites (N-methyl/N-ethyl adjacent to an activating group) is 1. The molecular weight excluding hydrogens is 282 g/mol. The highest BCUT2D eigenvalue weighted by atomic mass is 35.5. The van der Waals surface area contributed by atoms with Crippen molar-refractivity contribution in [2.45, 2.75) is 26.1 Å². The van der Waals surface area contributed by atoms with Crippen LogP contribution in [0, 0.1) is 0 Å². The lowest BCUT2D eigenvalue weighted by Crippen LogP contribution is -2.34. The summed E-state index contributed by atoms with van der Waals surface area (Å²) < 4.78 is 2.56. The maximum Gasteiger partial charge on any atom is 0.0931 e. The molecule has 2 aromatic heterocycles. The van der Waals surface area contributed by atoms with Gasteiger partial charge >= 0.3 is 0 Å². The first-order chi connectivity index (χ1) is 9.17. The van der Waals surface area contributed by atoms with Gasteiger partial charge in [-0.25, -0.2) is 0 Å². The highest BCUT2D eigenvalue weighted by Gasteiger charge is 2.12. The molecule has 6 heteroatoms. The first-order valence-corrected chi connectivity index (χ1v) is 7.49. The van der Waals surface area contributed by atoms with Gasteiger partial charge in [-0.15, -0.1) is 11.3 Å². The van der Waals surface area contributed by atoms with Gasteiger partial charge in [0, 0.05) is 30.4 Å². The van der Waals surface area contributed by atoms with Crippen molar-refractivity contribution in [3.8, 4) is 0 Å². The van der Waals surface area contributed by atoms with E-state index in [1.165, 1.54) is 4.88 Å². The number of thiophene rings is 1. The van der Waals surface area contributed by atoms with Crippen LogP contribution in [0.1, 0.15) is 11.8 Å². The van der Waals surface area contributed by atoms with E-state index in [0.717, 1.165) is 17.4 Å². The molecule has 0 fully saturated rings. The number of aliphatic hydroxyl groups excluding tert-OH is 1. The summed E-state index contributed by atoms with van der Waals surface area (Å²) in [5.41, 5.74) is 0. The predicted molar refractivity (Wildman–Crippen MR) is 78.5 cm³/mol. The van der Waals surface area contributed by atoms with Gasteiger partial charge in [0.05, 0.1) is 17.0 Å². The van der Waals surface area contributed by atoms with E-state index in [1.54, 1.807) is 22.2 Å². The molecule has 104 valence electrons. The molecule has 2 heterocycles. The molecule has 0 aromatic carbocycles. The summed E-state index contributed by atoms with van der Waals surface area (Å²) >= 11 is 7.52. The molecule has 0 radical (unpaired) electrons. The molecule has 0 saturated carbocycles. The zero-order chi connectivity index (χ0) is 13.7. The van der Waals surface area contributed by atoms with E-state index in [9.17, 15) is 5.11 Å². The Bertz CT molecular complexity index is 486. The Balaban J connectivity index is 1.84. The fourth-order valence-electron chi connectivity index (χ4n) is 1.94. The minimum absolute atomic E-state index is 0.421. The molecule has 0 spiro atoms. The number of rotatable bonds is 7.